The molecule has 0 saturated carbocycles. The Kier molecular flexibility index (Phi) is 4.15. The Bertz CT molecular complexity index is 931. The summed E-state index contributed by atoms with van der Waals surface area (Å²) < 4.78 is 39.5. The van der Waals surface area contributed by atoms with Crippen molar-refractivity contribution in [1.82, 2.24) is 24.6 Å². The van der Waals surface area contributed by atoms with Crippen molar-refractivity contribution >= 4 is 17.2 Å². The van der Waals surface area contributed by atoms with E-state index in [1.54, 1.807) is 17.6 Å². The van der Waals surface area contributed by atoms with Crippen LogP contribution in [-0.4, -0.2) is 36.8 Å². The number of anilines is 1. The summed E-state index contributed by atoms with van der Waals surface area (Å²) >= 11 is 0. The highest BCUT2D eigenvalue weighted by Crippen LogP contribution is 2.26. The molecule has 1 atom stereocenters. The first-order valence-electron chi connectivity index (χ1n) is 7.41. The van der Waals surface area contributed by atoms with Gasteiger partial charge in [-0.2, -0.15) is 18.3 Å². The Hall–Kier alpha value is -2.97. The highest BCUT2D eigenvalue weighted by Gasteiger charge is 2.36. The Balaban J connectivity index is 1.86. The fourth-order valence-electron chi connectivity index (χ4n) is 2.27. The summed E-state index contributed by atoms with van der Waals surface area (Å²) in [7, 11) is 0. The summed E-state index contributed by atoms with van der Waals surface area (Å²) in [6, 6.07) is 1.89. The molecule has 3 heterocycles. The lowest BCUT2D eigenvalue weighted by Gasteiger charge is -2.18. The van der Waals surface area contributed by atoms with Gasteiger partial charge in [-0.1, -0.05) is 6.58 Å². The zero-order valence-electron chi connectivity index (χ0n) is 13.5. The van der Waals surface area contributed by atoms with Crippen LogP contribution in [0.5, 0.6) is 0 Å². The average molecular weight is 348 g/mol. The SMILES string of the molecule is C=C(c1ccn2ncnc2c1)c1cnc(N[C@H](C)C(F)(F)F)nc1C. The van der Waals surface area contributed by atoms with Gasteiger partial charge >= 0.3 is 6.18 Å². The number of rotatable bonds is 4. The lowest BCUT2D eigenvalue weighted by molar-refractivity contribution is -0.138. The third kappa shape index (κ3) is 3.44. The van der Waals surface area contributed by atoms with Crippen LogP contribution < -0.4 is 5.32 Å². The maximum atomic E-state index is 12.6. The minimum Gasteiger partial charge on any atom is -0.343 e. The minimum absolute atomic E-state index is 0.0771. The number of hydrogen-bond acceptors (Lipinski definition) is 5. The first-order chi connectivity index (χ1) is 11.8. The van der Waals surface area contributed by atoms with E-state index in [0.717, 1.165) is 12.5 Å². The second-order valence-electron chi connectivity index (χ2n) is 5.56. The predicted molar refractivity (Wildman–Crippen MR) is 87.0 cm³/mol. The van der Waals surface area contributed by atoms with Gasteiger partial charge in [0.2, 0.25) is 5.95 Å². The molecule has 0 aliphatic rings. The molecule has 3 aromatic rings. The molecular weight excluding hydrogens is 333 g/mol. The molecule has 3 aromatic heterocycles. The molecule has 0 aliphatic carbocycles. The molecule has 0 aromatic carbocycles. The molecule has 130 valence electrons. The van der Waals surface area contributed by atoms with Crippen LogP contribution in [0, 0.1) is 6.92 Å². The quantitative estimate of drug-likeness (QED) is 0.784. The topological polar surface area (TPSA) is 68.0 Å². The fourth-order valence-corrected chi connectivity index (χ4v) is 2.27. The van der Waals surface area contributed by atoms with Crippen molar-refractivity contribution in [2.75, 3.05) is 5.32 Å². The van der Waals surface area contributed by atoms with Crippen LogP contribution in [-0.2, 0) is 0 Å². The molecule has 9 heteroatoms. The van der Waals surface area contributed by atoms with Gasteiger partial charge in [0, 0.05) is 18.0 Å². The van der Waals surface area contributed by atoms with Crippen molar-refractivity contribution < 1.29 is 13.2 Å². The summed E-state index contributed by atoms with van der Waals surface area (Å²) in [5, 5.41) is 6.27. The van der Waals surface area contributed by atoms with Gasteiger partial charge in [0.1, 0.15) is 12.4 Å². The first kappa shape index (κ1) is 16.9. The van der Waals surface area contributed by atoms with Gasteiger partial charge in [-0.25, -0.2) is 19.5 Å². The molecule has 6 nitrogen and oxygen atoms in total. The maximum Gasteiger partial charge on any atom is 0.408 e. The van der Waals surface area contributed by atoms with E-state index in [1.807, 2.05) is 12.1 Å². The van der Waals surface area contributed by atoms with Crippen LogP contribution in [0.4, 0.5) is 19.1 Å². The molecule has 25 heavy (non-hydrogen) atoms. The van der Waals surface area contributed by atoms with Crippen LogP contribution in [0.25, 0.3) is 11.2 Å². The van der Waals surface area contributed by atoms with Crippen LogP contribution in [0.3, 0.4) is 0 Å². The molecule has 0 aliphatic heterocycles. The van der Waals surface area contributed by atoms with Crippen molar-refractivity contribution in [3.63, 3.8) is 0 Å². The lowest BCUT2D eigenvalue weighted by Crippen LogP contribution is -2.33. The number of pyridine rings is 1. The smallest absolute Gasteiger partial charge is 0.343 e. The highest BCUT2D eigenvalue weighted by atomic mass is 19.4. The van der Waals surface area contributed by atoms with E-state index in [-0.39, 0.29) is 5.95 Å². The standard InChI is InChI=1S/C16H15F3N6/c1-9(12-4-5-25-14(6-12)21-8-22-25)13-7-20-15(23-10(13)2)24-11(3)16(17,18)19/h4-8,11H,1H2,2-3H3,(H,20,23,24)/t11-/m1/s1. The number of halogens is 3. The molecule has 1 N–H and O–H groups in total. The molecule has 0 amide bonds. The maximum absolute atomic E-state index is 12.6. The first-order valence-corrected chi connectivity index (χ1v) is 7.41. The molecule has 0 bridgehead atoms. The minimum atomic E-state index is -4.37. The number of nitrogens with zero attached hydrogens (tertiary/aromatic N) is 5. The Morgan fingerprint density at radius 1 is 1.32 bits per heavy atom. The summed E-state index contributed by atoms with van der Waals surface area (Å²) in [6.45, 7) is 6.75. The predicted octanol–water partition coefficient (Wildman–Crippen LogP) is 3.25. The van der Waals surface area contributed by atoms with Gasteiger partial charge in [-0.15, -0.1) is 0 Å². The van der Waals surface area contributed by atoms with Crippen LogP contribution in [0.1, 0.15) is 23.7 Å². The van der Waals surface area contributed by atoms with Crippen molar-refractivity contribution in [1.29, 1.82) is 0 Å². The van der Waals surface area contributed by atoms with Gasteiger partial charge in [-0.3, -0.25) is 0 Å². The molecule has 3 rings (SSSR count). The van der Waals surface area contributed by atoms with Crippen LogP contribution in [0.2, 0.25) is 0 Å². The number of fused-ring (bicyclic) bond motifs is 1. The number of alkyl halides is 3. The summed E-state index contributed by atoms with van der Waals surface area (Å²) in [6.07, 6.45) is 0.287. The van der Waals surface area contributed by atoms with Gasteiger partial charge in [0.25, 0.3) is 0 Å². The highest BCUT2D eigenvalue weighted by molar-refractivity contribution is 5.80. The largest absolute Gasteiger partial charge is 0.408 e. The molecular formula is C16H15F3N6. The Labute approximate surface area is 141 Å². The number of hydrogen-bond donors (Lipinski definition) is 1. The van der Waals surface area contributed by atoms with E-state index in [4.69, 9.17) is 0 Å². The normalized spacial score (nSPS) is 13.0. The van der Waals surface area contributed by atoms with Gasteiger partial charge in [0.15, 0.2) is 5.65 Å². The van der Waals surface area contributed by atoms with E-state index in [9.17, 15) is 13.2 Å². The van der Waals surface area contributed by atoms with E-state index >= 15 is 0 Å². The fraction of sp³-hybridized carbons (Fsp3) is 0.250. The zero-order chi connectivity index (χ0) is 18.2. The second-order valence-corrected chi connectivity index (χ2v) is 5.56. The van der Waals surface area contributed by atoms with Crippen molar-refractivity contribution in [2.24, 2.45) is 0 Å². The van der Waals surface area contributed by atoms with Gasteiger partial charge in [0.05, 0.1) is 5.69 Å². The van der Waals surface area contributed by atoms with E-state index in [1.165, 1.54) is 12.5 Å². The Morgan fingerprint density at radius 2 is 2.08 bits per heavy atom. The Morgan fingerprint density at radius 3 is 2.76 bits per heavy atom. The van der Waals surface area contributed by atoms with Crippen molar-refractivity contribution in [3.8, 4) is 0 Å². The van der Waals surface area contributed by atoms with E-state index in [0.29, 0.717) is 22.5 Å². The molecule has 0 fully saturated rings. The molecule has 0 spiro atoms. The second kappa shape index (κ2) is 6.15. The van der Waals surface area contributed by atoms with Gasteiger partial charge < -0.3 is 5.32 Å². The third-order valence-corrected chi connectivity index (χ3v) is 3.77. The van der Waals surface area contributed by atoms with Crippen LogP contribution in [0.15, 0.2) is 37.4 Å². The molecule has 0 radical (unpaired) electrons. The number of aryl methyl sites for hydroxylation is 1. The van der Waals surface area contributed by atoms with Crippen LogP contribution >= 0.6 is 0 Å². The van der Waals surface area contributed by atoms with Crippen molar-refractivity contribution in [2.45, 2.75) is 26.1 Å². The molecule has 0 unspecified atom stereocenters. The number of aromatic nitrogens is 5. The van der Waals surface area contributed by atoms with Gasteiger partial charge in [-0.05, 0) is 37.1 Å². The summed E-state index contributed by atoms with van der Waals surface area (Å²) in [4.78, 5) is 12.2. The zero-order valence-corrected chi connectivity index (χ0v) is 13.5. The van der Waals surface area contributed by atoms with E-state index < -0.39 is 12.2 Å². The monoisotopic (exact) mass is 348 g/mol. The third-order valence-electron chi connectivity index (χ3n) is 3.77. The molecule has 0 saturated heterocycles. The average Bonchev–Trinajstić information content (AvgIpc) is 3.01. The van der Waals surface area contributed by atoms with Crippen molar-refractivity contribution in [3.05, 3.63) is 54.3 Å². The number of nitrogens with one attached hydrogen (secondary N) is 1. The van der Waals surface area contributed by atoms with E-state index in [2.05, 4.69) is 31.9 Å². The summed E-state index contributed by atoms with van der Waals surface area (Å²) in [5.41, 5.74) is 3.29. The summed E-state index contributed by atoms with van der Waals surface area (Å²) in [5.74, 6) is -0.0771. The lowest BCUT2D eigenvalue weighted by atomic mass is 10.0.